The lowest BCUT2D eigenvalue weighted by Crippen LogP contribution is -2.16. The van der Waals surface area contributed by atoms with Gasteiger partial charge in [0, 0.05) is 12.5 Å². The van der Waals surface area contributed by atoms with Gasteiger partial charge in [0.25, 0.3) is 0 Å². The Morgan fingerprint density at radius 2 is 1.11 bits per heavy atom. The van der Waals surface area contributed by atoms with Crippen LogP contribution in [0.3, 0.4) is 0 Å². The zero-order valence-electron chi connectivity index (χ0n) is 25.5. The Bertz CT molecular complexity index is 761. The Labute approximate surface area is 244 Å². The molecular weight excluding hydrogens is 559 g/mol. The minimum atomic E-state index is -0.384. The maximum absolute atomic E-state index is 8.82. The fraction of sp³-hybridized carbons (Fsp3) is 0.625. The molecule has 2 aromatic rings. The summed E-state index contributed by atoms with van der Waals surface area (Å²) in [6, 6.07) is 16.6. The van der Waals surface area contributed by atoms with Gasteiger partial charge in [-0.3, -0.25) is 0 Å². The highest BCUT2D eigenvalue weighted by atomic mass is 79.9. The molecule has 0 saturated heterocycles. The number of ether oxygens (including phenoxy) is 1. The van der Waals surface area contributed by atoms with E-state index in [1.165, 1.54) is 22.9 Å². The van der Waals surface area contributed by atoms with E-state index >= 15 is 0 Å². The van der Waals surface area contributed by atoms with Crippen molar-refractivity contribution in [2.24, 2.45) is 23.7 Å². The third-order valence-electron chi connectivity index (χ3n) is 7.00. The van der Waals surface area contributed by atoms with Crippen LogP contribution in [-0.4, -0.2) is 41.2 Å². The average Bonchev–Trinajstić information content (AvgIpc) is 2.92. The van der Waals surface area contributed by atoms with E-state index in [1.807, 2.05) is 26.0 Å². The van der Waals surface area contributed by atoms with Crippen molar-refractivity contribution in [1.29, 1.82) is 0 Å². The molecule has 7 atom stereocenters. The summed E-state index contributed by atoms with van der Waals surface area (Å²) >= 11 is 3.72. The Balaban J connectivity index is 0. The van der Waals surface area contributed by atoms with Crippen molar-refractivity contribution in [3.8, 4) is 5.75 Å². The second kappa shape index (κ2) is 22.8. The molecule has 6 heteroatoms. The van der Waals surface area contributed by atoms with Crippen LogP contribution in [0.1, 0.15) is 91.1 Å². The summed E-state index contributed by atoms with van der Waals surface area (Å²) in [5.74, 6) is 3.12. The Morgan fingerprint density at radius 1 is 0.711 bits per heavy atom. The van der Waals surface area contributed by atoms with Gasteiger partial charge in [-0.05, 0) is 60.2 Å². The van der Waals surface area contributed by atoms with Crippen molar-refractivity contribution < 1.29 is 20.1 Å². The maximum Gasteiger partial charge on any atom is 0.118 e. The number of aliphatic hydroxyl groups excluding tert-OH is 3. The van der Waals surface area contributed by atoms with E-state index in [9.17, 15) is 0 Å². The largest absolute Gasteiger partial charge is 0.497 e. The van der Waals surface area contributed by atoms with Crippen molar-refractivity contribution in [3.05, 3.63) is 59.7 Å². The number of benzene rings is 2. The third kappa shape index (κ3) is 18.3. The number of rotatable bonds is 9. The fourth-order valence-electron chi connectivity index (χ4n) is 2.60. The highest BCUT2D eigenvalue weighted by Gasteiger charge is 2.10. The van der Waals surface area contributed by atoms with Crippen molar-refractivity contribution in [1.82, 2.24) is 0 Å². The first-order valence-corrected chi connectivity index (χ1v) is 15.3. The summed E-state index contributed by atoms with van der Waals surface area (Å²) in [5.41, 5.74) is 2.48. The summed E-state index contributed by atoms with van der Waals surface area (Å²) in [4.78, 5) is 0.221. The minimum absolute atomic E-state index is 0.0139. The molecule has 0 bridgehead atoms. The lowest BCUT2D eigenvalue weighted by atomic mass is 9.96. The maximum atomic E-state index is 8.82. The van der Waals surface area contributed by atoms with Crippen LogP contribution in [0.5, 0.6) is 5.75 Å². The second-order valence-electron chi connectivity index (χ2n) is 10.5. The van der Waals surface area contributed by atoms with Gasteiger partial charge in [0.15, 0.2) is 0 Å². The van der Waals surface area contributed by atoms with Crippen LogP contribution in [0.2, 0.25) is 0 Å². The molecule has 4 nitrogen and oxygen atoms in total. The highest BCUT2D eigenvalue weighted by Crippen LogP contribution is 2.31. The van der Waals surface area contributed by atoms with E-state index in [0.29, 0.717) is 5.92 Å². The molecule has 2 aromatic carbocycles. The first kappa shape index (κ1) is 39.2. The first-order chi connectivity index (χ1) is 17.7. The quantitative estimate of drug-likeness (QED) is 0.199. The minimum Gasteiger partial charge on any atom is -0.497 e. The van der Waals surface area contributed by atoms with E-state index in [2.05, 4.69) is 96.2 Å². The van der Waals surface area contributed by atoms with Gasteiger partial charge < -0.3 is 20.1 Å². The van der Waals surface area contributed by atoms with Gasteiger partial charge in [0.05, 0.1) is 24.1 Å². The Morgan fingerprint density at radius 3 is 1.32 bits per heavy atom. The van der Waals surface area contributed by atoms with E-state index in [1.54, 1.807) is 21.0 Å². The molecule has 0 aliphatic carbocycles. The molecule has 3 N–H and O–H groups in total. The fourth-order valence-corrected chi connectivity index (χ4v) is 3.40. The van der Waals surface area contributed by atoms with Gasteiger partial charge >= 0.3 is 0 Å². The molecule has 220 valence electrons. The first-order valence-electron chi connectivity index (χ1n) is 13.9. The topological polar surface area (TPSA) is 69.9 Å². The van der Waals surface area contributed by atoms with Crippen molar-refractivity contribution in [2.45, 2.75) is 92.2 Å². The van der Waals surface area contributed by atoms with Crippen LogP contribution in [-0.2, 0) is 0 Å². The number of hydrogen-bond acceptors (Lipinski definition) is 4. The SMILES string of the molecule is CC(O)C(C)CO.CCC(C)C(C)C.CCC(C)C(C)O.COc1ccc(C(Br)c2ccc(P)cc2)cc1. The molecule has 0 spiro atoms. The summed E-state index contributed by atoms with van der Waals surface area (Å²) < 4.78 is 5.15. The Hall–Kier alpha value is -0.970. The molecule has 0 fully saturated rings. The molecular formula is C32H56BrO4P. The second-order valence-corrected chi connectivity index (χ2v) is 12.0. The summed E-state index contributed by atoms with van der Waals surface area (Å²) in [6.07, 6.45) is 1.87. The van der Waals surface area contributed by atoms with Crippen molar-refractivity contribution in [3.63, 3.8) is 0 Å². The van der Waals surface area contributed by atoms with Gasteiger partial charge in [-0.25, -0.2) is 0 Å². The Kier molecular flexibility index (Phi) is 23.5. The van der Waals surface area contributed by atoms with Crippen molar-refractivity contribution >= 4 is 30.5 Å². The predicted molar refractivity (Wildman–Crippen MR) is 173 cm³/mol. The molecule has 0 aliphatic rings. The standard InChI is InChI=1S/C14H14BrOP.C7H16.C6H14O.C5H12O2/c1-16-12-6-2-10(3-7-12)14(15)11-4-8-13(17)9-5-11;1-5-7(4)6(2)3;1-4-5(2)6(3)7;1-4(3-6)5(2)7/h2-9,14H,17H2,1H3;6-7H,5H2,1-4H3;5-7H,4H2,1-3H3;4-7H,3H2,1-2H3. The van der Waals surface area contributed by atoms with Crippen molar-refractivity contribution in [2.75, 3.05) is 13.7 Å². The van der Waals surface area contributed by atoms with E-state index in [0.717, 1.165) is 24.0 Å². The normalized spacial score (nSPS) is 15.2. The number of hydrogen-bond donors (Lipinski definition) is 3. The summed E-state index contributed by atoms with van der Waals surface area (Å²) in [5, 5.41) is 27.0. The predicted octanol–water partition coefficient (Wildman–Crippen LogP) is 7.78. The zero-order valence-corrected chi connectivity index (χ0v) is 28.2. The van der Waals surface area contributed by atoms with Gasteiger partial charge in [-0.15, -0.1) is 9.24 Å². The monoisotopic (exact) mass is 614 g/mol. The molecule has 0 radical (unpaired) electrons. The highest BCUT2D eigenvalue weighted by molar-refractivity contribution is 9.09. The van der Waals surface area contributed by atoms with Gasteiger partial charge in [0.2, 0.25) is 0 Å². The van der Waals surface area contributed by atoms with E-state index < -0.39 is 0 Å². The van der Waals surface area contributed by atoms with Crippen LogP contribution in [0.25, 0.3) is 0 Å². The number of aliphatic hydroxyl groups is 3. The molecule has 0 aromatic heterocycles. The van der Waals surface area contributed by atoms with Crippen LogP contribution < -0.4 is 10.0 Å². The van der Waals surface area contributed by atoms with E-state index in [4.69, 9.17) is 20.1 Å². The number of methoxy groups -OCH3 is 1. The third-order valence-corrected chi connectivity index (χ3v) is 8.44. The molecule has 0 saturated carbocycles. The molecule has 0 heterocycles. The zero-order chi connectivity index (χ0) is 29.8. The van der Waals surface area contributed by atoms with Crippen LogP contribution in [0.4, 0.5) is 0 Å². The molecule has 38 heavy (non-hydrogen) atoms. The summed E-state index contributed by atoms with van der Waals surface area (Å²) in [6.45, 7) is 18.6. The van der Waals surface area contributed by atoms with Crippen LogP contribution >= 0.6 is 25.2 Å². The number of alkyl halides is 1. The smallest absolute Gasteiger partial charge is 0.118 e. The van der Waals surface area contributed by atoms with Gasteiger partial charge in [0.1, 0.15) is 5.75 Å². The van der Waals surface area contributed by atoms with Crippen LogP contribution in [0.15, 0.2) is 48.5 Å². The van der Waals surface area contributed by atoms with E-state index in [-0.39, 0.29) is 29.6 Å². The number of halogens is 1. The molecule has 2 rings (SSSR count). The van der Waals surface area contributed by atoms with Gasteiger partial charge in [-0.1, -0.05) is 114 Å². The average molecular weight is 616 g/mol. The molecule has 0 aliphatic heterocycles. The molecule has 0 amide bonds. The summed E-state index contributed by atoms with van der Waals surface area (Å²) in [7, 11) is 4.37. The lowest BCUT2D eigenvalue weighted by molar-refractivity contribution is 0.0913. The lowest BCUT2D eigenvalue weighted by Gasteiger charge is -2.11. The molecule has 7 unspecified atom stereocenters. The van der Waals surface area contributed by atoms with Crippen LogP contribution in [0, 0.1) is 23.7 Å². The van der Waals surface area contributed by atoms with Gasteiger partial charge in [-0.2, -0.15) is 0 Å².